The van der Waals surface area contributed by atoms with E-state index in [0.29, 0.717) is 0 Å². The Morgan fingerprint density at radius 1 is 1.43 bits per heavy atom. The van der Waals surface area contributed by atoms with Gasteiger partial charge in [0.1, 0.15) is 0 Å². The summed E-state index contributed by atoms with van der Waals surface area (Å²) in [5.74, 6) is 0. The van der Waals surface area contributed by atoms with E-state index in [0.717, 1.165) is 19.6 Å². The fraction of sp³-hybridized carbons (Fsp3) is 0.500. The molecule has 1 aromatic rings. The average Bonchev–Trinajstić information content (AvgIpc) is 2.11. The lowest BCUT2D eigenvalue weighted by molar-refractivity contribution is -0.0701. The minimum absolute atomic E-state index is 0.0841. The lowest BCUT2D eigenvalue weighted by Crippen LogP contribution is -2.47. The van der Waals surface area contributed by atoms with Crippen LogP contribution in [0.3, 0.4) is 0 Å². The lowest BCUT2D eigenvalue weighted by atomic mass is 9.76. The second kappa shape index (κ2) is 3.71. The highest BCUT2D eigenvalue weighted by Gasteiger charge is 2.39. The zero-order valence-corrected chi connectivity index (χ0v) is 8.49. The van der Waals surface area contributed by atoms with Gasteiger partial charge in [0, 0.05) is 12.0 Å². The van der Waals surface area contributed by atoms with E-state index in [1.807, 2.05) is 0 Å². The van der Waals surface area contributed by atoms with Crippen LogP contribution in [0.5, 0.6) is 0 Å². The Balaban J connectivity index is 2.27. The topological polar surface area (TPSA) is 29.5 Å². The largest absolute Gasteiger partial charge is 0.396 e. The van der Waals surface area contributed by atoms with Crippen molar-refractivity contribution in [1.29, 1.82) is 0 Å². The van der Waals surface area contributed by atoms with Gasteiger partial charge in [0.15, 0.2) is 0 Å². The third-order valence-electron chi connectivity index (χ3n) is 2.98. The molecular formula is C12H16O2. The Hall–Kier alpha value is -0.860. The van der Waals surface area contributed by atoms with E-state index in [4.69, 9.17) is 9.84 Å². The van der Waals surface area contributed by atoms with Crippen molar-refractivity contribution in [2.75, 3.05) is 19.8 Å². The molecule has 0 aliphatic carbocycles. The lowest BCUT2D eigenvalue weighted by Gasteiger charge is -2.41. The maximum Gasteiger partial charge on any atom is 0.0586 e. The van der Waals surface area contributed by atoms with Crippen LogP contribution < -0.4 is 0 Å². The smallest absolute Gasteiger partial charge is 0.0586 e. The van der Waals surface area contributed by atoms with Crippen LogP contribution in [0.15, 0.2) is 24.3 Å². The quantitative estimate of drug-likeness (QED) is 0.789. The Morgan fingerprint density at radius 2 is 2.21 bits per heavy atom. The highest BCUT2D eigenvalue weighted by molar-refractivity contribution is 5.31. The third kappa shape index (κ3) is 1.56. The molecule has 1 aromatic carbocycles. The first-order chi connectivity index (χ1) is 6.77. The molecule has 1 fully saturated rings. The predicted molar refractivity (Wildman–Crippen MR) is 55.4 cm³/mol. The third-order valence-corrected chi connectivity index (χ3v) is 2.98. The molecule has 0 aromatic heterocycles. The second-order valence-corrected chi connectivity index (χ2v) is 4.12. The van der Waals surface area contributed by atoms with E-state index in [-0.39, 0.29) is 12.0 Å². The summed E-state index contributed by atoms with van der Waals surface area (Å²) >= 11 is 0. The van der Waals surface area contributed by atoms with Crippen molar-refractivity contribution in [3.63, 3.8) is 0 Å². The molecule has 0 bridgehead atoms. The Kier molecular flexibility index (Phi) is 2.57. The molecule has 0 radical (unpaired) electrons. The van der Waals surface area contributed by atoms with Crippen LogP contribution in [-0.2, 0) is 10.2 Å². The van der Waals surface area contributed by atoms with Gasteiger partial charge in [0.05, 0.1) is 13.2 Å². The van der Waals surface area contributed by atoms with Gasteiger partial charge in [-0.25, -0.2) is 0 Å². The van der Waals surface area contributed by atoms with Gasteiger partial charge in [0.2, 0.25) is 0 Å². The van der Waals surface area contributed by atoms with Crippen molar-refractivity contribution in [3.8, 4) is 0 Å². The van der Waals surface area contributed by atoms with Crippen LogP contribution >= 0.6 is 0 Å². The fourth-order valence-corrected chi connectivity index (χ4v) is 1.99. The van der Waals surface area contributed by atoms with E-state index in [9.17, 15) is 0 Å². The van der Waals surface area contributed by atoms with Crippen LogP contribution in [-0.4, -0.2) is 24.9 Å². The summed E-state index contributed by atoms with van der Waals surface area (Å²) in [5, 5.41) is 9.04. The number of aliphatic hydroxyl groups excluding tert-OH is 1. The maximum atomic E-state index is 9.04. The van der Waals surface area contributed by atoms with Gasteiger partial charge in [-0.3, -0.25) is 0 Å². The number of hydrogen-bond donors (Lipinski definition) is 1. The zero-order valence-electron chi connectivity index (χ0n) is 8.49. The van der Waals surface area contributed by atoms with Crippen LogP contribution in [0.1, 0.15) is 17.5 Å². The van der Waals surface area contributed by atoms with Gasteiger partial charge < -0.3 is 9.84 Å². The molecule has 1 aliphatic heterocycles. The minimum Gasteiger partial charge on any atom is -0.396 e. The summed E-state index contributed by atoms with van der Waals surface area (Å²) in [4.78, 5) is 0. The molecule has 14 heavy (non-hydrogen) atoms. The molecule has 0 spiro atoms. The highest BCUT2D eigenvalue weighted by Crippen LogP contribution is 2.35. The van der Waals surface area contributed by atoms with Gasteiger partial charge in [-0.2, -0.15) is 0 Å². The summed E-state index contributed by atoms with van der Waals surface area (Å²) in [7, 11) is 0. The van der Waals surface area contributed by atoms with Gasteiger partial charge >= 0.3 is 0 Å². The van der Waals surface area contributed by atoms with Crippen LogP contribution in [0.2, 0.25) is 0 Å². The summed E-state index contributed by atoms with van der Waals surface area (Å²) in [6.45, 7) is 3.82. The van der Waals surface area contributed by atoms with E-state index in [1.165, 1.54) is 11.1 Å². The first-order valence-corrected chi connectivity index (χ1v) is 5.03. The van der Waals surface area contributed by atoms with Gasteiger partial charge in [-0.15, -0.1) is 0 Å². The molecule has 2 rings (SSSR count). The predicted octanol–water partition coefficient (Wildman–Crippen LogP) is 1.65. The summed E-state index contributed by atoms with van der Waals surface area (Å²) in [6.07, 6.45) is 0.802. The Labute approximate surface area is 84.5 Å². The number of hydrogen-bond acceptors (Lipinski definition) is 2. The van der Waals surface area contributed by atoms with Crippen molar-refractivity contribution in [3.05, 3.63) is 35.4 Å². The van der Waals surface area contributed by atoms with E-state index in [1.54, 1.807) is 0 Å². The number of ether oxygens (including phenoxy) is 1. The van der Waals surface area contributed by atoms with E-state index >= 15 is 0 Å². The fourth-order valence-electron chi connectivity index (χ4n) is 1.99. The monoisotopic (exact) mass is 192 g/mol. The van der Waals surface area contributed by atoms with Gasteiger partial charge in [-0.05, 0) is 18.9 Å². The van der Waals surface area contributed by atoms with Crippen molar-refractivity contribution >= 4 is 0 Å². The van der Waals surface area contributed by atoms with Gasteiger partial charge in [0.25, 0.3) is 0 Å². The molecule has 1 saturated heterocycles. The summed E-state index contributed by atoms with van der Waals surface area (Å²) in [5.41, 5.74) is 2.66. The van der Waals surface area contributed by atoms with Crippen molar-refractivity contribution in [2.45, 2.75) is 18.8 Å². The zero-order chi connectivity index (χ0) is 10.0. The van der Waals surface area contributed by atoms with Crippen molar-refractivity contribution < 1.29 is 9.84 Å². The Bertz CT molecular complexity index is 316. The number of rotatable bonds is 3. The normalized spacial score (nSPS) is 19.0. The molecule has 1 N–H and O–H groups in total. The summed E-state index contributed by atoms with van der Waals surface area (Å²) in [6, 6.07) is 8.49. The highest BCUT2D eigenvalue weighted by atomic mass is 16.5. The number of aliphatic hydroxyl groups is 1. The molecule has 76 valence electrons. The van der Waals surface area contributed by atoms with Crippen LogP contribution in [0, 0.1) is 6.92 Å². The van der Waals surface area contributed by atoms with E-state index < -0.39 is 0 Å². The Morgan fingerprint density at radius 3 is 2.71 bits per heavy atom. The molecule has 1 aliphatic rings. The average molecular weight is 192 g/mol. The van der Waals surface area contributed by atoms with E-state index in [2.05, 4.69) is 31.2 Å². The van der Waals surface area contributed by atoms with Crippen molar-refractivity contribution in [1.82, 2.24) is 0 Å². The molecule has 1 heterocycles. The molecule has 0 amide bonds. The number of aryl methyl sites for hydroxylation is 1. The molecular weight excluding hydrogens is 176 g/mol. The van der Waals surface area contributed by atoms with Crippen LogP contribution in [0.25, 0.3) is 0 Å². The maximum absolute atomic E-state index is 9.04. The van der Waals surface area contributed by atoms with Crippen molar-refractivity contribution in [2.24, 2.45) is 0 Å². The molecule has 2 heteroatoms. The molecule has 0 unspecified atom stereocenters. The van der Waals surface area contributed by atoms with Gasteiger partial charge in [-0.1, -0.05) is 29.8 Å². The summed E-state index contributed by atoms with van der Waals surface area (Å²) < 4.78 is 5.27. The molecule has 0 atom stereocenters. The number of benzene rings is 1. The first-order valence-electron chi connectivity index (χ1n) is 5.03. The molecule has 0 saturated carbocycles. The standard InChI is InChI=1S/C12H16O2/c1-10-3-2-4-11(7-10)12(5-6-13)8-14-9-12/h2-4,7,13H,5-6,8-9H2,1H3. The SMILES string of the molecule is Cc1cccc(C2(CCO)COC2)c1. The molecule has 2 nitrogen and oxygen atoms in total. The van der Waals surface area contributed by atoms with Crippen LogP contribution in [0.4, 0.5) is 0 Å². The minimum atomic E-state index is 0.0841. The first kappa shape index (κ1) is 9.69. The second-order valence-electron chi connectivity index (χ2n) is 4.12.